The number of esters is 1. The molecule has 5 aliphatic carbocycles. The summed E-state index contributed by atoms with van der Waals surface area (Å²) in [6.45, 7) is 17.2. The minimum Gasteiger partial charge on any atom is -0.462 e. The van der Waals surface area contributed by atoms with Gasteiger partial charge in [0.05, 0.1) is 5.41 Å². The monoisotopic (exact) mass is 648 g/mol. The Morgan fingerprint density at radius 1 is 0.915 bits per heavy atom. The summed E-state index contributed by atoms with van der Waals surface area (Å²) in [5.41, 5.74) is 6.48. The number of nitrogens with one attached hydrogen (secondary N) is 1. The number of carbonyl (C=O) groups excluding carboxylic acids is 4. The second kappa shape index (κ2) is 10.8. The van der Waals surface area contributed by atoms with Crippen molar-refractivity contribution in [2.24, 2.45) is 50.6 Å². The highest BCUT2D eigenvalue weighted by Gasteiger charge is 2.75. The fraction of sp³-hybridized carbons (Fsp3) is 0.692. The number of ether oxygens (including phenoxy) is 1. The van der Waals surface area contributed by atoms with Crippen LogP contribution >= 0.6 is 0 Å². The average Bonchev–Trinajstić information content (AvgIpc) is 3.31. The molecule has 0 radical (unpaired) electrons. The SMILES string of the molecule is CC(=O)OC1CCC2(C)C(CCC3(C)C2CCC2(N)C4=C(C(C)C)C(=O)CC4(C(=O)C(=O)Nc4ccc(F)cc4)CCC23C)C1(C)C. The van der Waals surface area contributed by atoms with Gasteiger partial charge in [-0.25, -0.2) is 4.39 Å². The van der Waals surface area contributed by atoms with Gasteiger partial charge < -0.3 is 15.8 Å². The molecule has 8 heteroatoms. The van der Waals surface area contributed by atoms with Gasteiger partial charge in [-0.1, -0.05) is 48.5 Å². The largest absolute Gasteiger partial charge is 0.462 e. The van der Waals surface area contributed by atoms with Crippen LogP contribution in [-0.2, 0) is 23.9 Å². The van der Waals surface area contributed by atoms with Crippen LogP contribution in [0, 0.1) is 50.6 Å². The Labute approximate surface area is 279 Å². The summed E-state index contributed by atoms with van der Waals surface area (Å²) in [6, 6.07) is 5.32. The first kappa shape index (κ1) is 34.0. The molecule has 8 atom stereocenters. The number of fused-ring (bicyclic) bond motifs is 7. The molecular formula is C39H53FN2O5. The molecule has 0 saturated heterocycles. The van der Waals surface area contributed by atoms with Crippen LogP contribution < -0.4 is 11.1 Å². The summed E-state index contributed by atoms with van der Waals surface area (Å²) in [4.78, 5) is 54.0. The van der Waals surface area contributed by atoms with Gasteiger partial charge in [-0.05, 0) is 121 Å². The molecular weight excluding hydrogens is 595 g/mol. The standard InChI is InChI=1S/C39H53FN2O5/c1-22(2)30-26(44)21-38(32(45)33(46)42-25-11-9-24(40)10-12-25)20-19-37(8)36(7)17-13-27-34(4,5)29(47-23(3)43)15-16-35(27,6)28(36)14-18-39(37,41)31(30)38/h9-12,22,27-29H,13-21,41H2,1-8H3,(H,42,46). The Bertz CT molecular complexity index is 1560. The number of allylic oxidation sites excluding steroid dienone is 1. The van der Waals surface area contributed by atoms with Gasteiger partial charge in [0, 0.05) is 30.0 Å². The van der Waals surface area contributed by atoms with Crippen LogP contribution in [0.15, 0.2) is 35.4 Å². The molecule has 7 nitrogen and oxygen atoms in total. The number of hydrogen-bond donors (Lipinski definition) is 2. The van der Waals surface area contributed by atoms with Gasteiger partial charge in [0.15, 0.2) is 5.78 Å². The lowest BCUT2D eigenvalue weighted by molar-refractivity contribution is -0.236. The minimum atomic E-state index is -1.29. The van der Waals surface area contributed by atoms with E-state index in [0.29, 0.717) is 47.9 Å². The van der Waals surface area contributed by atoms with Crippen molar-refractivity contribution in [2.45, 2.75) is 125 Å². The summed E-state index contributed by atoms with van der Waals surface area (Å²) in [5.74, 6) is -1.58. The molecule has 0 heterocycles. The number of nitrogens with two attached hydrogens (primary N) is 1. The molecule has 47 heavy (non-hydrogen) atoms. The van der Waals surface area contributed by atoms with Crippen LogP contribution in [0.4, 0.5) is 10.1 Å². The quantitative estimate of drug-likeness (QED) is 0.255. The molecule has 1 aromatic carbocycles. The second-order valence-electron chi connectivity index (χ2n) is 17.3. The molecule has 1 amide bonds. The molecule has 5 aliphatic rings. The third-order valence-corrected chi connectivity index (χ3v) is 14.7. The number of anilines is 1. The van der Waals surface area contributed by atoms with Crippen molar-refractivity contribution in [3.8, 4) is 0 Å². The highest BCUT2D eigenvalue weighted by molar-refractivity contribution is 6.44. The Balaban J connectivity index is 1.41. The van der Waals surface area contributed by atoms with Gasteiger partial charge >= 0.3 is 5.97 Å². The first-order valence-corrected chi connectivity index (χ1v) is 17.6. The van der Waals surface area contributed by atoms with E-state index in [1.807, 2.05) is 13.8 Å². The summed E-state index contributed by atoms with van der Waals surface area (Å²) in [6.07, 6.45) is 6.10. The van der Waals surface area contributed by atoms with E-state index >= 15 is 0 Å². The third kappa shape index (κ3) is 4.51. The number of benzene rings is 1. The van der Waals surface area contributed by atoms with Crippen LogP contribution in [0.25, 0.3) is 0 Å². The predicted octanol–water partition coefficient (Wildman–Crippen LogP) is 7.33. The molecule has 0 aliphatic heterocycles. The molecule has 256 valence electrons. The Hall–Kier alpha value is -2.87. The van der Waals surface area contributed by atoms with Gasteiger partial charge in [-0.3, -0.25) is 19.2 Å². The minimum absolute atomic E-state index is 0.0115. The van der Waals surface area contributed by atoms with Crippen molar-refractivity contribution < 1.29 is 28.3 Å². The first-order chi connectivity index (χ1) is 21.8. The van der Waals surface area contributed by atoms with Crippen LogP contribution in [0.5, 0.6) is 0 Å². The fourth-order valence-electron chi connectivity index (χ4n) is 12.4. The van der Waals surface area contributed by atoms with Crippen molar-refractivity contribution in [2.75, 3.05) is 5.32 Å². The van der Waals surface area contributed by atoms with E-state index in [2.05, 4.69) is 39.9 Å². The van der Waals surface area contributed by atoms with Crippen molar-refractivity contribution in [3.63, 3.8) is 0 Å². The molecule has 3 N–H and O–H groups in total. The van der Waals surface area contributed by atoms with Gasteiger partial charge in [-0.2, -0.15) is 0 Å². The number of carbonyl (C=O) groups is 4. The molecule has 4 fully saturated rings. The summed E-state index contributed by atoms with van der Waals surface area (Å²) in [5, 5.41) is 2.68. The van der Waals surface area contributed by atoms with Gasteiger partial charge in [0.2, 0.25) is 5.78 Å². The van der Waals surface area contributed by atoms with Crippen molar-refractivity contribution >= 4 is 29.1 Å². The van der Waals surface area contributed by atoms with Crippen LogP contribution in [0.2, 0.25) is 0 Å². The fourth-order valence-corrected chi connectivity index (χ4v) is 12.4. The zero-order valence-corrected chi connectivity index (χ0v) is 29.5. The first-order valence-electron chi connectivity index (χ1n) is 17.6. The Kier molecular flexibility index (Phi) is 7.83. The maximum Gasteiger partial charge on any atom is 0.302 e. The topological polar surface area (TPSA) is 116 Å². The van der Waals surface area contributed by atoms with E-state index in [4.69, 9.17) is 10.5 Å². The highest BCUT2D eigenvalue weighted by atomic mass is 19.1. The van der Waals surface area contributed by atoms with Crippen LogP contribution in [0.3, 0.4) is 0 Å². The smallest absolute Gasteiger partial charge is 0.302 e. The van der Waals surface area contributed by atoms with E-state index in [1.165, 1.54) is 31.2 Å². The third-order valence-electron chi connectivity index (χ3n) is 14.7. The highest BCUT2D eigenvalue weighted by Crippen LogP contribution is 2.77. The Morgan fingerprint density at radius 2 is 1.55 bits per heavy atom. The maximum absolute atomic E-state index is 14.4. The average molecular weight is 649 g/mol. The zero-order valence-electron chi connectivity index (χ0n) is 29.5. The van der Waals surface area contributed by atoms with E-state index in [1.54, 1.807) is 0 Å². The summed E-state index contributed by atoms with van der Waals surface area (Å²) >= 11 is 0. The van der Waals surface area contributed by atoms with E-state index in [0.717, 1.165) is 32.1 Å². The van der Waals surface area contributed by atoms with Crippen LogP contribution in [0.1, 0.15) is 113 Å². The number of rotatable bonds is 5. The molecule has 0 aromatic heterocycles. The maximum atomic E-state index is 14.4. The molecule has 0 bridgehead atoms. The van der Waals surface area contributed by atoms with Crippen molar-refractivity contribution in [1.29, 1.82) is 0 Å². The molecule has 4 saturated carbocycles. The van der Waals surface area contributed by atoms with E-state index < -0.39 is 33.9 Å². The molecule has 6 rings (SSSR count). The number of halogens is 1. The van der Waals surface area contributed by atoms with Gasteiger partial charge in [0.25, 0.3) is 5.91 Å². The van der Waals surface area contributed by atoms with Gasteiger partial charge in [-0.15, -0.1) is 0 Å². The number of amides is 1. The summed E-state index contributed by atoms with van der Waals surface area (Å²) in [7, 11) is 0. The molecule has 0 spiro atoms. The molecule has 8 unspecified atom stereocenters. The van der Waals surface area contributed by atoms with Crippen molar-refractivity contribution in [1.82, 2.24) is 0 Å². The van der Waals surface area contributed by atoms with Crippen molar-refractivity contribution in [3.05, 3.63) is 41.2 Å². The number of hydrogen-bond acceptors (Lipinski definition) is 6. The lowest BCUT2D eigenvalue weighted by atomic mass is 9.31. The van der Waals surface area contributed by atoms with Crippen LogP contribution in [-0.4, -0.2) is 35.1 Å². The zero-order chi connectivity index (χ0) is 34.5. The van der Waals surface area contributed by atoms with E-state index in [-0.39, 0.29) is 46.4 Å². The lowest BCUT2D eigenvalue weighted by Gasteiger charge is -2.74. The normalized spacial score (nSPS) is 40.6. The predicted molar refractivity (Wildman–Crippen MR) is 178 cm³/mol. The Morgan fingerprint density at radius 3 is 2.17 bits per heavy atom. The number of ketones is 2. The van der Waals surface area contributed by atoms with Gasteiger partial charge in [0.1, 0.15) is 11.9 Å². The second-order valence-corrected chi connectivity index (χ2v) is 17.3. The molecule has 1 aromatic rings. The van der Waals surface area contributed by atoms with E-state index in [9.17, 15) is 23.6 Å². The number of Topliss-reactive ketones (excluding diaryl/α,β-unsaturated/α-hetero) is 2. The summed E-state index contributed by atoms with van der Waals surface area (Å²) < 4.78 is 19.4. The lowest BCUT2D eigenvalue weighted by Crippen LogP contribution is -2.74.